The number of amides is 1. The second kappa shape index (κ2) is 7.26. The maximum atomic E-state index is 11.3. The number of hydrogen-bond acceptors (Lipinski definition) is 4. The van der Waals surface area contributed by atoms with Crippen molar-refractivity contribution in [3.8, 4) is 0 Å². The summed E-state index contributed by atoms with van der Waals surface area (Å²) in [6.07, 6.45) is 2.31. The predicted octanol–water partition coefficient (Wildman–Crippen LogP) is 3.09. The SMILES string of the molecule is CC(C)(C)OC(=O)NCCCSc1ccccn1. The lowest BCUT2D eigenvalue weighted by Gasteiger charge is -2.19. The number of nitrogens with zero attached hydrogens (tertiary/aromatic N) is 1. The molecule has 0 radical (unpaired) electrons. The number of ether oxygens (including phenoxy) is 1. The van der Waals surface area contributed by atoms with E-state index in [9.17, 15) is 4.79 Å². The van der Waals surface area contributed by atoms with Gasteiger partial charge in [-0.3, -0.25) is 0 Å². The van der Waals surface area contributed by atoms with E-state index in [4.69, 9.17) is 4.74 Å². The molecule has 100 valence electrons. The first-order valence-electron chi connectivity index (χ1n) is 5.98. The Bertz CT molecular complexity index is 363. The molecule has 0 fully saturated rings. The topological polar surface area (TPSA) is 51.2 Å². The normalized spacial score (nSPS) is 11.1. The third kappa shape index (κ3) is 7.17. The van der Waals surface area contributed by atoms with Gasteiger partial charge in [0.1, 0.15) is 5.60 Å². The molecular weight excluding hydrogens is 248 g/mol. The standard InChI is InChI=1S/C13H20N2O2S/c1-13(2,3)17-12(16)15-9-6-10-18-11-7-4-5-8-14-11/h4-5,7-8H,6,9-10H2,1-3H3,(H,15,16). The van der Waals surface area contributed by atoms with Crippen LogP contribution in [0.25, 0.3) is 0 Å². The van der Waals surface area contributed by atoms with Crippen molar-refractivity contribution in [1.29, 1.82) is 0 Å². The predicted molar refractivity (Wildman–Crippen MR) is 73.8 cm³/mol. The molecule has 0 saturated carbocycles. The van der Waals surface area contributed by atoms with E-state index in [0.717, 1.165) is 17.2 Å². The summed E-state index contributed by atoms with van der Waals surface area (Å²) in [5.41, 5.74) is -0.438. The largest absolute Gasteiger partial charge is 0.444 e. The molecule has 1 rings (SSSR count). The van der Waals surface area contributed by atoms with Crippen LogP contribution < -0.4 is 5.32 Å². The molecule has 0 saturated heterocycles. The molecular formula is C13H20N2O2S. The zero-order valence-electron chi connectivity index (χ0n) is 11.1. The molecule has 1 heterocycles. The molecule has 0 aliphatic carbocycles. The Labute approximate surface area is 113 Å². The van der Waals surface area contributed by atoms with Crippen LogP contribution in [0, 0.1) is 0 Å². The molecule has 4 nitrogen and oxygen atoms in total. The first-order chi connectivity index (χ1) is 8.47. The molecule has 0 bridgehead atoms. The average Bonchev–Trinajstić information content (AvgIpc) is 2.27. The molecule has 1 aromatic heterocycles. The molecule has 0 atom stereocenters. The van der Waals surface area contributed by atoms with Gasteiger partial charge in [-0.2, -0.15) is 0 Å². The highest BCUT2D eigenvalue weighted by Gasteiger charge is 2.15. The summed E-state index contributed by atoms with van der Waals surface area (Å²) in [7, 11) is 0. The van der Waals surface area contributed by atoms with Crippen LogP contribution in [-0.2, 0) is 4.74 Å². The second-order valence-corrected chi connectivity index (χ2v) is 5.91. The van der Waals surface area contributed by atoms with Crippen molar-refractivity contribution in [2.75, 3.05) is 12.3 Å². The van der Waals surface area contributed by atoms with E-state index in [1.165, 1.54) is 0 Å². The minimum atomic E-state index is -0.438. The van der Waals surface area contributed by atoms with Gasteiger partial charge in [0.05, 0.1) is 5.03 Å². The highest BCUT2D eigenvalue weighted by molar-refractivity contribution is 7.99. The van der Waals surface area contributed by atoms with Gasteiger partial charge in [-0.05, 0) is 39.3 Å². The van der Waals surface area contributed by atoms with Crippen LogP contribution in [-0.4, -0.2) is 29.0 Å². The number of aromatic nitrogens is 1. The molecule has 1 N–H and O–H groups in total. The molecule has 18 heavy (non-hydrogen) atoms. The lowest BCUT2D eigenvalue weighted by atomic mass is 10.2. The molecule has 0 aliphatic heterocycles. The van der Waals surface area contributed by atoms with Gasteiger partial charge in [-0.25, -0.2) is 9.78 Å². The summed E-state index contributed by atoms with van der Waals surface area (Å²) in [6.45, 7) is 6.17. The maximum absolute atomic E-state index is 11.3. The number of carbonyl (C=O) groups excluding carboxylic acids is 1. The van der Waals surface area contributed by atoms with Crippen LogP contribution >= 0.6 is 11.8 Å². The van der Waals surface area contributed by atoms with E-state index in [1.807, 2.05) is 39.0 Å². The van der Waals surface area contributed by atoms with Gasteiger partial charge >= 0.3 is 6.09 Å². The van der Waals surface area contributed by atoms with E-state index >= 15 is 0 Å². The Morgan fingerprint density at radius 2 is 2.22 bits per heavy atom. The Morgan fingerprint density at radius 3 is 2.83 bits per heavy atom. The van der Waals surface area contributed by atoms with E-state index in [-0.39, 0.29) is 6.09 Å². The summed E-state index contributed by atoms with van der Waals surface area (Å²) in [5.74, 6) is 0.923. The van der Waals surface area contributed by atoms with E-state index in [0.29, 0.717) is 6.54 Å². The quantitative estimate of drug-likeness (QED) is 0.658. The van der Waals surface area contributed by atoms with E-state index in [1.54, 1.807) is 18.0 Å². The summed E-state index contributed by atoms with van der Waals surface area (Å²) in [5, 5.41) is 3.74. The van der Waals surface area contributed by atoms with Gasteiger partial charge in [0.2, 0.25) is 0 Å². The van der Waals surface area contributed by atoms with Gasteiger partial charge in [-0.15, -0.1) is 11.8 Å². The number of hydrogen-bond donors (Lipinski definition) is 1. The zero-order valence-corrected chi connectivity index (χ0v) is 11.9. The van der Waals surface area contributed by atoms with Crippen molar-refractivity contribution in [3.05, 3.63) is 24.4 Å². The number of carbonyl (C=O) groups is 1. The van der Waals surface area contributed by atoms with Gasteiger partial charge < -0.3 is 10.1 Å². The first kappa shape index (κ1) is 14.8. The molecule has 1 aromatic rings. The van der Waals surface area contributed by atoms with Crippen molar-refractivity contribution in [1.82, 2.24) is 10.3 Å². The Balaban J connectivity index is 2.07. The summed E-state index contributed by atoms with van der Waals surface area (Å²) >= 11 is 1.68. The molecule has 0 aromatic carbocycles. The third-order valence-corrected chi connectivity index (χ3v) is 2.91. The average molecular weight is 268 g/mol. The van der Waals surface area contributed by atoms with E-state index in [2.05, 4.69) is 10.3 Å². The van der Waals surface area contributed by atoms with Crippen molar-refractivity contribution in [2.24, 2.45) is 0 Å². The number of alkyl carbamates (subject to hydrolysis) is 1. The van der Waals surface area contributed by atoms with Crippen molar-refractivity contribution in [3.63, 3.8) is 0 Å². The Hall–Kier alpha value is -1.23. The van der Waals surface area contributed by atoms with Gasteiger partial charge in [0.25, 0.3) is 0 Å². The molecule has 0 spiro atoms. The molecule has 5 heteroatoms. The van der Waals surface area contributed by atoms with Crippen molar-refractivity contribution in [2.45, 2.75) is 37.8 Å². The van der Waals surface area contributed by atoms with Crippen LogP contribution in [0.15, 0.2) is 29.4 Å². The van der Waals surface area contributed by atoms with Crippen molar-refractivity contribution < 1.29 is 9.53 Å². The van der Waals surface area contributed by atoms with Crippen LogP contribution in [0.2, 0.25) is 0 Å². The van der Waals surface area contributed by atoms with Gasteiger partial charge in [0, 0.05) is 18.5 Å². The summed E-state index contributed by atoms with van der Waals surface area (Å²) in [4.78, 5) is 15.6. The lowest BCUT2D eigenvalue weighted by molar-refractivity contribution is 0.0528. The monoisotopic (exact) mass is 268 g/mol. The minimum absolute atomic E-state index is 0.356. The van der Waals surface area contributed by atoms with Crippen LogP contribution in [0.4, 0.5) is 4.79 Å². The van der Waals surface area contributed by atoms with Crippen LogP contribution in [0.3, 0.4) is 0 Å². The van der Waals surface area contributed by atoms with Gasteiger partial charge in [0.15, 0.2) is 0 Å². The first-order valence-corrected chi connectivity index (χ1v) is 6.96. The minimum Gasteiger partial charge on any atom is -0.444 e. The Kier molecular flexibility index (Phi) is 5.98. The molecule has 0 unspecified atom stereocenters. The molecule has 1 amide bonds. The van der Waals surface area contributed by atoms with Gasteiger partial charge in [-0.1, -0.05) is 6.07 Å². The van der Waals surface area contributed by atoms with E-state index < -0.39 is 5.60 Å². The highest BCUT2D eigenvalue weighted by Crippen LogP contribution is 2.14. The number of pyridine rings is 1. The van der Waals surface area contributed by atoms with Crippen molar-refractivity contribution >= 4 is 17.9 Å². The lowest BCUT2D eigenvalue weighted by Crippen LogP contribution is -2.33. The maximum Gasteiger partial charge on any atom is 0.407 e. The fourth-order valence-corrected chi connectivity index (χ4v) is 1.99. The number of thioether (sulfide) groups is 1. The summed E-state index contributed by atoms with van der Waals surface area (Å²) < 4.78 is 5.13. The zero-order chi connectivity index (χ0) is 13.4. The fraction of sp³-hybridized carbons (Fsp3) is 0.538. The van der Waals surface area contributed by atoms with Crippen LogP contribution in [0.5, 0.6) is 0 Å². The van der Waals surface area contributed by atoms with Crippen LogP contribution in [0.1, 0.15) is 27.2 Å². The smallest absolute Gasteiger partial charge is 0.407 e. The molecule has 0 aliphatic rings. The number of rotatable bonds is 5. The third-order valence-electron chi connectivity index (χ3n) is 1.88. The highest BCUT2D eigenvalue weighted by atomic mass is 32.2. The second-order valence-electron chi connectivity index (χ2n) is 4.80. The number of nitrogens with one attached hydrogen (secondary N) is 1. The Morgan fingerprint density at radius 1 is 1.44 bits per heavy atom. The summed E-state index contributed by atoms with van der Waals surface area (Å²) in [6, 6.07) is 5.84. The fourth-order valence-electron chi connectivity index (χ4n) is 1.19.